The van der Waals surface area contributed by atoms with Gasteiger partial charge >= 0.3 is 6.09 Å². The molecule has 1 aliphatic heterocycles. The van der Waals surface area contributed by atoms with E-state index in [1.807, 2.05) is 6.92 Å². The number of pyridine rings is 2. The fourth-order valence-electron chi connectivity index (χ4n) is 3.28. The second-order valence-corrected chi connectivity index (χ2v) is 7.20. The smallest absolute Gasteiger partial charge is 0.412 e. The van der Waals surface area contributed by atoms with Crippen molar-refractivity contribution in [2.45, 2.75) is 19.9 Å². The Morgan fingerprint density at radius 3 is 2.93 bits per heavy atom. The molecule has 0 radical (unpaired) electrons. The summed E-state index contributed by atoms with van der Waals surface area (Å²) in [5.74, 6) is 0.428. The van der Waals surface area contributed by atoms with Crippen LogP contribution in [0, 0.1) is 12.7 Å². The van der Waals surface area contributed by atoms with E-state index in [1.165, 1.54) is 12.3 Å². The van der Waals surface area contributed by atoms with Crippen LogP contribution in [-0.4, -0.2) is 41.9 Å². The molecule has 8 nitrogen and oxygen atoms in total. The maximum Gasteiger partial charge on any atom is 0.412 e. The predicted molar refractivity (Wildman–Crippen MR) is 112 cm³/mol. The highest BCUT2D eigenvalue weighted by Gasteiger charge is 2.19. The molecule has 0 saturated heterocycles. The Balaban J connectivity index is 1.68. The van der Waals surface area contributed by atoms with Crippen molar-refractivity contribution in [3.05, 3.63) is 42.0 Å². The van der Waals surface area contributed by atoms with E-state index in [0.29, 0.717) is 46.7 Å². The van der Waals surface area contributed by atoms with Gasteiger partial charge in [0.2, 0.25) is 5.88 Å². The molecule has 1 unspecified atom stereocenters. The van der Waals surface area contributed by atoms with E-state index in [-0.39, 0.29) is 18.5 Å². The van der Waals surface area contributed by atoms with Gasteiger partial charge in [0.05, 0.1) is 0 Å². The standard InChI is InChI=1S/C21H22FN5O3/c1-11(23)10-30-21(28)27-18-7-13-5-15(17(22)6-14(13)8-25-18)16-9-26-20-19(12(16)2)24-3-4-29-20/h5-9,11,24H,3-4,10,23H2,1-2H3,(H,25,27,28). The third-order valence-electron chi connectivity index (χ3n) is 4.75. The number of benzene rings is 1. The molecule has 1 aromatic carbocycles. The van der Waals surface area contributed by atoms with E-state index >= 15 is 0 Å². The largest absolute Gasteiger partial charge is 0.474 e. The summed E-state index contributed by atoms with van der Waals surface area (Å²) in [5, 5.41) is 7.13. The van der Waals surface area contributed by atoms with Gasteiger partial charge < -0.3 is 20.5 Å². The van der Waals surface area contributed by atoms with Crippen molar-refractivity contribution in [2.75, 3.05) is 30.4 Å². The number of fused-ring (bicyclic) bond motifs is 2. The van der Waals surface area contributed by atoms with Gasteiger partial charge in [0, 0.05) is 41.5 Å². The fourth-order valence-corrected chi connectivity index (χ4v) is 3.28. The van der Waals surface area contributed by atoms with Gasteiger partial charge in [0.25, 0.3) is 0 Å². The van der Waals surface area contributed by atoms with Crippen LogP contribution in [0.4, 0.5) is 20.7 Å². The molecule has 0 bridgehead atoms. The van der Waals surface area contributed by atoms with Gasteiger partial charge in [-0.1, -0.05) is 0 Å². The van der Waals surface area contributed by atoms with E-state index in [2.05, 4.69) is 20.6 Å². The minimum absolute atomic E-state index is 0.0944. The molecule has 1 aliphatic rings. The number of nitrogens with one attached hydrogen (secondary N) is 2. The molecule has 1 amide bonds. The van der Waals surface area contributed by atoms with Crippen LogP contribution in [0.5, 0.6) is 5.88 Å². The van der Waals surface area contributed by atoms with Gasteiger partial charge in [-0.05, 0) is 43.0 Å². The summed E-state index contributed by atoms with van der Waals surface area (Å²) in [6.45, 7) is 4.93. The Labute approximate surface area is 172 Å². The minimum atomic E-state index is -0.651. The third kappa shape index (κ3) is 3.97. The number of ether oxygens (including phenoxy) is 2. The highest BCUT2D eigenvalue weighted by atomic mass is 19.1. The van der Waals surface area contributed by atoms with Crippen molar-refractivity contribution in [3.8, 4) is 17.0 Å². The summed E-state index contributed by atoms with van der Waals surface area (Å²) in [7, 11) is 0. The van der Waals surface area contributed by atoms with Crippen LogP contribution in [0.15, 0.2) is 30.6 Å². The molecule has 3 aromatic rings. The third-order valence-corrected chi connectivity index (χ3v) is 4.75. The number of rotatable bonds is 4. The Kier molecular flexibility index (Phi) is 5.37. The number of nitrogens with zero attached hydrogens (tertiary/aromatic N) is 2. The molecule has 0 fully saturated rings. The molecule has 1 atom stereocenters. The van der Waals surface area contributed by atoms with Crippen LogP contribution in [0.25, 0.3) is 21.9 Å². The van der Waals surface area contributed by atoms with Gasteiger partial charge in [-0.15, -0.1) is 0 Å². The molecule has 30 heavy (non-hydrogen) atoms. The SMILES string of the molecule is Cc1c(-c2cc3cc(NC(=O)OCC(C)N)ncc3cc2F)cnc2c1NCCO2. The van der Waals surface area contributed by atoms with E-state index in [0.717, 1.165) is 11.3 Å². The first-order chi connectivity index (χ1) is 14.4. The maximum atomic E-state index is 14.9. The fraction of sp³-hybridized carbons (Fsp3) is 0.286. The van der Waals surface area contributed by atoms with Crippen molar-refractivity contribution >= 4 is 28.4 Å². The monoisotopic (exact) mass is 411 g/mol. The Morgan fingerprint density at radius 1 is 1.30 bits per heavy atom. The summed E-state index contributed by atoms with van der Waals surface area (Å²) >= 11 is 0. The molecule has 156 valence electrons. The zero-order chi connectivity index (χ0) is 21.3. The van der Waals surface area contributed by atoms with Crippen LogP contribution in [0.3, 0.4) is 0 Å². The number of hydrogen-bond donors (Lipinski definition) is 3. The van der Waals surface area contributed by atoms with Crippen molar-refractivity contribution < 1.29 is 18.7 Å². The lowest BCUT2D eigenvalue weighted by Gasteiger charge is -2.21. The van der Waals surface area contributed by atoms with Gasteiger partial charge in [-0.2, -0.15) is 0 Å². The molecule has 2 aromatic heterocycles. The van der Waals surface area contributed by atoms with E-state index in [9.17, 15) is 9.18 Å². The quantitative estimate of drug-likeness (QED) is 0.603. The van der Waals surface area contributed by atoms with E-state index in [4.69, 9.17) is 15.2 Å². The lowest BCUT2D eigenvalue weighted by Crippen LogP contribution is -2.26. The number of hydrogen-bond acceptors (Lipinski definition) is 7. The predicted octanol–water partition coefficient (Wildman–Crippen LogP) is 3.44. The van der Waals surface area contributed by atoms with Gasteiger partial charge in [0.15, 0.2) is 0 Å². The number of aromatic nitrogens is 2. The lowest BCUT2D eigenvalue weighted by molar-refractivity contribution is 0.156. The van der Waals surface area contributed by atoms with Crippen LogP contribution >= 0.6 is 0 Å². The molecular weight excluding hydrogens is 389 g/mol. The normalized spacial score (nSPS) is 13.7. The maximum absolute atomic E-state index is 14.9. The minimum Gasteiger partial charge on any atom is -0.474 e. The molecule has 9 heteroatoms. The summed E-state index contributed by atoms with van der Waals surface area (Å²) in [4.78, 5) is 20.3. The van der Waals surface area contributed by atoms with Crippen molar-refractivity contribution in [1.29, 1.82) is 0 Å². The number of nitrogens with two attached hydrogens (primary N) is 1. The van der Waals surface area contributed by atoms with Gasteiger partial charge in [-0.25, -0.2) is 19.2 Å². The number of carbonyl (C=O) groups excluding carboxylic acids is 1. The Hall–Kier alpha value is -3.46. The first kappa shape index (κ1) is 19.8. The average molecular weight is 411 g/mol. The van der Waals surface area contributed by atoms with E-state index in [1.54, 1.807) is 25.3 Å². The topological polar surface area (TPSA) is 111 Å². The summed E-state index contributed by atoms with van der Waals surface area (Å²) in [6.07, 6.45) is 2.45. The van der Waals surface area contributed by atoms with Crippen LogP contribution in [-0.2, 0) is 4.74 Å². The Morgan fingerprint density at radius 2 is 2.13 bits per heavy atom. The number of halogens is 1. The molecular formula is C21H22FN5O3. The second kappa shape index (κ2) is 8.11. The highest BCUT2D eigenvalue weighted by molar-refractivity contribution is 5.92. The van der Waals surface area contributed by atoms with Crippen LogP contribution < -0.4 is 21.1 Å². The van der Waals surface area contributed by atoms with Crippen molar-refractivity contribution in [2.24, 2.45) is 5.73 Å². The summed E-state index contributed by atoms with van der Waals surface area (Å²) in [5.41, 5.74) is 8.26. The zero-order valence-electron chi connectivity index (χ0n) is 16.7. The van der Waals surface area contributed by atoms with Crippen molar-refractivity contribution in [1.82, 2.24) is 9.97 Å². The van der Waals surface area contributed by atoms with Crippen LogP contribution in [0.2, 0.25) is 0 Å². The van der Waals surface area contributed by atoms with E-state index < -0.39 is 6.09 Å². The number of anilines is 2. The second-order valence-electron chi connectivity index (χ2n) is 7.20. The molecule has 0 saturated carbocycles. The highest BCUT2D eigenvalue weighted by Crippen LogP contribution is 2.37. The van der Waals surface area contributed by atoms with Crippen LogP contribution in [0.1, 0.15) is 12.5 Å². The number of carbonyl (C=O) groups is 1. The Bertz CT molecular complexity index is 1120. The average Bonchev–Trinajstić information content (AvgIpc) is 2.73. The summed E-state index contributed by atoms with van der Waals surface area (Å²) < 4.78 is 25.4. The molecule has 3 heterocycles. The summed E-state index contributed by atoms with van der Waals surface area (Å²) in [6, 6.07) is 4.52. The first-order valence-electron chi connectivity index (χ1n) is 9.57. The molecule has 0 spiro atoms. The van der Waals surface area contributed by atoms with Crippen molar-refractivity contribution in [3.63, 3.8) is 0 Å². The lowest BCUT2D eigenvalue weighted by atomic mass is 9.98. The first-order valence-corrected chi connectivity index (χ1v) is 9.57. The van der Waals surface area contributed by atoms with Gasteiger partial charge in [0.1, 0.15) is 30.5 Å². The molecule has 4 N–H and O–H groups in total. The zero-order valence-corrected chi connectivity index (χ0v) is 16.7. The molecule has 4 rings (SSSR count). The number of amides is 1. The molecule has 0 aliphatic carbocycles. The van der Waals surface area contributed by atoms with Gasteiger partial charge in [-0.3, -0.25) is 5.32 Å².